The zero-order valence-corrected chi connectivity index (χ0v) is 7.91. The molecule has 1 nitrogen and oxygen atoms in total. The van der Waals surface area contributed by atoms with Crippen molar-refractivity contribution in [2.45, 2.75) is 12.7 Å². The van der Waals surface area contributed by atoms with Gasteiger partial charge in [-0.05, 0) is 24.2 Å². The quantitative estimate of drug-likeness (QED) is 0.706. The molecule has 0 aromatic carbocycles. The SMILES string of the molecule is Cc1ccoc1CSC[B-](F)(F)F. The Hall–Kier alpha value is -0.515. The first-order valence-corrected chi connectivity index (χ1v) is 4.96. The van der Waals surface area contributed by atoms with Gasteiger partial charge in [-0.15, -0.1) is 0 Å². The minimum Gasteiger partial charge on any atom is -0.468 e. The zero-order valence-electron chi connectivity index (χ0n) is 7.10. The van der Waals surface area contributed by atoms with Crippen molar-refractivity contribution in [1.82, 2.24) is 0 Å². The van der Waals surface area contributed by atoms with E-state index in [0.717, 1.165) is 17.3 Å². The molecule has 13 heavy (non-hydrogen) atoms. The first kappa shape index (κ1) is 10.6. The van der Waals surface area contributed by atoms with Crippen molar-refractivity contribution in [3.05, 3.63) is 23.7 Å². The van der Waals surface area contributed by atoms with Gasteiger partial charge >= 0.3 is 6.98 Å². The molecule has 1 aromatic rings. The van der Waals surface area contributed by atoms with E-state index in [4.69, 9.17) is 4.42 Å². The maximum Gasteiger partial charge on any atom is 0.488 e. The zero-order chi connectivity index (χ0) is 9.90. The molecule has 1 rings (SSSR count). The highest BCUT2D eigenvalue weighted by Gasteiger charge is 2.22. The highest BCUT2D eigenvalue weighted by atomic mass is 32.2. The van der Waals surface area contributed by atoms with Gasteiger partial charge < -0.3 is 17.4 Å². The van der Waals surface area contributed by atoms with Crippen LogP contribution >= 0.6 is 11.8 Å². The summed E-state index contributed by atoms with van der Waals surface area (Å²) in [5.41, 5.74) is 0.141. The molecule has 0 radical (unpaired) electrons. The predicted octanol–water partition coefficient (Wildman–Crippen LogP) is 3.21. The molecular weight excluding hydrogens is 200 g/mol. The minimum atomic E-state index is -4.67. The monoisotopic (exact) mass is 209 g/mol. The summed E-state index contributed by atoms with van der Waals surface area (Å²) in [5.74, 6) is 0.921. The molecule has 0 atom stereocenters. The summed E-state index contributed by atoms with van der Waals surface area (Å²) in [5, 5.41) is 0. The van der Waals surface area contributed by atoms with E-state index in [9.17, 15) is 12.9 Å². The van der Waals surface area contributed by atoms with Crippen molar-refractivity contribution >= 4 is 18.7 Å². The third-order valence-electron chi connectivity index (χ3n) is 1.51. The summed E-state index contributed by atoms with van der Waals surface area (Å²) < 4.78 is 40.4. The molecule has 0 saturated heterocycles. The average Bonchev–Trinajstić information content (AvgIpc) is 2.34. The first-order valence-electron chi connectivity index (χ1n) is 3.81. The van der Waals surface area contributed by atoms with Crippen LogP contribution in [0.25, 0.3) is 0 Å². The molecule has 74 valence electrons. The van der Waals surface area contributed by atoms with E-state index in [1.165, 1.54) is 6.26 Å². The van der Waals surface area contributed by atoms with E-state index in [-0.39, 0.29) is 0 Å². The van der Waals surface area contributed by atoms with Gasteiger partial charge in [-0.3, -0.25) is 0 Å². The Balaban J connectivity index is 2.32. The number of halogens is 3. The van der Waals surface area contributed by atoms with Crippen LogP contribution in [0.2, 0.25) is 0 Å². The molecule has 0 bridgehead atoms. The Bertz CT molecular complexity index is 271. The van der Waals surface area contributed by atoms with Gasteiger partial charge in [-0.2, -0.15) is 11.8 Å². The average molecular weight is 209 g/mol. The van der Waals surface area contributed by atoms with Gasteiger partial charge in [0, 0.05) is 5.75 Å². The third kappa shape index (κ3) is 3.80. The third-order valence-corrected chi connectivity index (χ3v) is 2.59. The van der Waals surface area contributed by atoms with Crippen molar-refractivity contribution in [2.24, 2.45) is 0 Å². The highest BCUT2D eigenvalue weighted by molar-refractivity contribution is 7.99. The Morgan fingerprint density at radius 2 is 2.15 bits per heavy atom. The lowest BCUT2D eigenvalue weighted by Gasteiger charge is -2.11. The van der Waals surface area contributed by atoms with E-state index >= 15 is 0 Å². The number of aryl methyl sites for hydroxylation is 1. The van der Waals surface area contributed by atoms with E-state index in [2.05, 4.69) is 0 Å². The van der Waals surface area contributed by atoms with Crippen LogP contribution in [0.1, 0.15) is 11.3 Å². The maximum atomic E-state index is 11.8. The number of hydrogen-bond acceptors (Lipinski definition) is 2. The van der Waals surface area contributed by atoms with Gasteiger partial charge in [0.2, 0.25) is 0 Å². The highest BCUT2D eigenvalue weighted by Crippen LogP contribution is 2.21. The van der Waals surface area contributed by atoms with Crippen molar-refractivity contribution in [3.63, 3.8) is 0 Å². The molecule has 0 spiro atoms. The van der Waals surface area contributed by atoms with E-state index in [0.29, 0.717) is 11.5 Å². The number of rotatable bonds is 4. The van der Waals surface area contributed by atoms with Crippen LogP contribution in [0.15, 0.2) is 16.7 Å². The summed E-state index contributed by atoms with van der Waals surface area (Å²) in [7, 11) is 0. The predicted molar refractivity (Wildman–Crippen MR) is 48.7 cm³/mol. The molecule has 1 heterocycles. The first-order chi connectivity index (χ1) is 5.99. The van der Waals surface area contributed by atoms with Gasteiger partial charge in [-0.25, -0.2) is 0 Å². The smallest absolute Gasteiger partial charge is 0.468 e. The minimum absolute atomic E-state index is 0.292. The van der Waals surface area contributed by atoms with Gasteiger partial charge in [0.25, 0.3) is 0 Å². The van der Waals surface area contributed by atoms with Crippen LogP contribution in [0.5, 0.6) is 0 Å². The van der Waals surface area contributed by atoms with Crippen LogP contribution in [0, 0.1) is 6.92 Å². The fourth-order valence-corrected chi connectivity index (χ4v) is 1.70. The Morgan fingerprint density at radius 1 is 1.46 bits per heavy atom. The number of furan rings is 1. The molecule has 0 unspecified atom stereocenters. The largest absolute Gasteiger partial charge is 0.488 e. The van der Waals surface area contributed by atoms with Crippen molar-refractivity contribution in [2.75, 3.05) is 5.65 Å². The molecule has 0 saturated carbocycles. The van der Waals surface area contributed by atoms with E-state index < -0.39 is 12.6 Å². The van der Waals surface area contributed by atoms with Gasteiger partial charge in [0.15, 0.2) is 0 Å². The Kier molecular flexibility index (Phi) is 3.36. The topological polar surface area (TPSA) is 13.1 Å². The molecule has 0 aliphatic heterocycles. The lowest BCUT2D eigenvalue weighted by atomic mass is 9.98. The van der Waals surface area contributed by atoms with Crippen molar-refractivity contribution < 1.29 is 17.4 Å². The normalized spacial score (nSPS) is 12.0. The van der Waals surface area contributed by atoms with Gasteiger partial charge in [0.1, 0.15) is 5.76 Å². The lowest BCUT2D eigenvalue weighted by molar-refractivity contribution is 0.485. The second kappa shape index (κ2) is 4.13. The second-order valence-electron chi connectivity index (χ2n) is 2.75. The standard InChI is InChI=1S/C7H9BF3OS/c1-6-2-3-12-7(6)4-13-5-8(9,10)11/h2-3H,4-5H2,1H3/q-1. The number of hydrogen-bond donors (Lipinski definition) is 0. The fraction of sp³-hybridized carbons (Fsp3) is 0.429. The van der Waals surface area contributed by atoms with Crippen LogP contribution < -0.4 is 0 Å². The molecule has 6 heteroatoms. The molecule has 1 aromatic heterocycles. The molecular formula is C7H9BF3OS-. The lowest BCUT2D eigenvalue weighted by Crippen LogP contribution is -2.19. The van der Waals surface area contributed by atoms with Crippen molar-refractivity contribution in [3.8, 4) is 0 Å². The van der Waals surface area contributed by atoms with E-state index in [1.54, 1.807) is 6.07 Å². The summed E-state index contributed by atoms with van der Waals surface area (Å²) in [6.45, 7) is -2.86. The van der Waals surface area contributed by atoms with Crippen molar-refractivity contribution in [1.29, 1.82) is 0 Å². The summed E-state index contributed by atoms with van der Waals surface area (Å²) in [6.07, 6.45) is 1.49. The molecule has 0 aliphatic carbocycles. The molecule has 0 aliphatic rings. The summed E-state index contributed by atoms with van der Waals surface area (Å²) in [6, 6.07) is 1.74. The molecule has 0 N–H and O–H groups in total. The van der Waals surface area contributed by atoms with Gasteiger partial charge in [-0.1, -0.05) is 0 Å². The van der Waals surface area contributed by atoms with E-state index in [1.807, 2.05) is 6.92 Å². The number of thioether (sulfide) groups is 1. The Morgan fingerprint density at radius 3 is 2.62 bits per heavy atom. The summed E-state index contributed by atoms with van der Waals surface area (Å²) >= 11 is 0.841. The fourth-order valence-electron chi connectivity index (χ4n) is 0.837. The van der Waals surface area contributed by atoms with Crippen LogP contribution in [0.4, 0.5) is 12.9 Å². The van der Waals surface area contributed by atoms with Crippen LogP contribution in [-0.2, 0) is 5.75 Å². The molecule has 0 amide bonds. The van der Waals surface area contributed by atoms with Crippen LogP contribution in [0.3, 0.4) is 0 Å². The maximum absolute atomic E-state index is 11.8. The summed E-state index contributed by atoms with van der Waals surface area (Å²) in [4.78, 5) is 0. The van der Waals surface area contributed by atoms with Crippen LogP contribution in [-0.4, -0.2) is 12.6 Å². The second-order valence-corrected chi connectivity index (χ2v) is 3.78. The Labute approximate surface area is 78.7 Å². The van der Waals surface area contributed by atoms with Gasteiger partial charge in [0.05, 0.1) is 6.26 Å². The molecule has 0 fully saturated rings.